The lowest BCUT2D eigenvalue weighted by molar-refractivity contribution is 0.409. The molecule has 0 aliphatic carbocycles. The third-order valence-electron chi connectivity index (χ3n) is 2.59. The van der Waals surface area contributed by atoms with Crippen LogP contribution in [0, 0.1) is 0 Å². The van der Waals surface area contributed by atoms with Crippen LogP contribution in [0.15, 0.2) is 12.4 Å². The fraction of sp³-hybridized carbons (Fsp3) is 0.667. The molecular formula is C9H15N3S. The Kier molecular flexibility index (Phi) is 2.34. The molecular weight excluding hydrogens is 182 g/mol. The van der Waals surface area contributed by atoms with Gasteiger partial charge in [-0.2, -0.15) is 11.8 Å². The molecule has 1 aromatic heterocycles. The molecule has 2 atom stereocenters. The van der Waals surface area contributed by atoms with Crippen molar-refractivity contribution in [3.05, 3.63) is 18.2 Å². The first-order valence-electron chi connectivity index (χ1n) is 4.61. The molecule has 3 nitrogen and oxygen atoms in total. The van der Waals surface area contributed by atoms with Crippen molar-refractivity contribution >= 4 is 11.8 Å². The summed E-state index contributed by atoms with van der Waals surface area (Å²) in [5.41, 5.74) is 6.05. The van der Waals surface area contributed by atoms with Gasteiger partial charge in [0.05, 0.1) is 5.54 Å². The molecule has 0 amide bonds. The number of aromatic amines is 1. The number of H-pyrrole nitrogens is 1. The van der Waals surface area contributed by atoms with E-state index >= 15 is 0 Å². The summed E-state index contributed by atoms with van der Waals surface area (Å²) >= 11 is 1.94. The number of hydrogen-bond acceptors (Lipinski definition) is 3. The summed E-state index contributed by atoms with van der Waals surface area (Å²) in [5, 5.41) is 0.742. The average Bonchev–Trinajstić information content (AvgIpc) is 2.63. The Balaban J connectivity index is 2.13. The van der Waals surface area contributed by atoms with Gasteiger partial charge in [0, 0.05) is 23.4 Å². The van der Waals surface area contributed by atoms with Crippen molar-refractivity contribution in [3.8, 4) is 0 Å². The number of hydrogen-bond donors (Lipinski definition) is 2. The third-order valence-corrected chi connectivity index (χ3v) is 4.08. The van der Waals surface area contributed by atoms with Crippen molar-refractivity contribution in [1.82, 2.24) is 9.97 Å². The van der Waals surface area contributed by atoms with Crippen LogP contribution in [0.25, 0.3) is 0 Å². The minimum Gasteiger partial charge on any atom is -0.347 e. The van der Waals surface area contributed by atoms with E-state index in [-0.39, 0.29) is 5.54 Å². The Morgan fingerprint density at radius 1 is 1.77 bits per heavy atom. The van der Waals surface area contributed by atoms with E-state index in [0.717, 1.165) is 23.2 Å². The summed E-state index contributed by atoms with van der Waals surface area (Å²) in [7, 11) is 0. The van der Waals surface area contributed by atoms with Crippen LogP contribution in [-0.4, -0.2) is 21.0 Å². The van der Waals surface area contributed by atoms with E-state index in [2.05, 4.69) is 16.9 Å². The van der Waals surface area contributed by atoms with Gasteiger partial charge in [-0.1, -0.05) is 6.92 Å². The van der Waals surface area contributed by atoms with Crippen molar-refractivity contribution in [3.63, 3.8) is 0 Å². The van der Waals surface area contributed by atoms with Crippen LogP contribution < -0.4 is 5.73 Å². The molecule has 13 heavy (non-hydrogen) atoms. The maximum atomic E-state index is 6.27. The molecule has 0 aromatic carbocycles. The average molecular weight is 197 g/mol. The molecule has 1 aliphatic heterocycles. The number of aromatic nitrogens is 2. The molecule has 0 saturated carbocycles. The fourth-order valence-corrected chi connectivity index (χ4v) is 2.78. The van der Waals surface area contributed by atoms with Gasteiger partial charge in [-0.25, -0.2) is 4.98 Å². The number of nitrogens with zero attached hydrogens (tertiary/aromatic N) is 1. The molecule has 1 aromatic rings. The second-order valence-corrected chi connectivity index (χ2v) is 5.18. The van der Waals surface area contributed by atoms with Crippen molar-refractivity contribution in [2.75, 3.05) is 5.75 Å². The summed E-state index contributed by atoms with van der Waals surface area (Å²) in [6, 6.07) is 0. The Labute approximate surface area is 82.5 Å². The van der Waals surface area contributed by atoms with E-state index in [9.17, 15) is 0 Å². The molecule has 0 unspecified atom stereocenters. The van der Waals surface area contributed by atoms with E-state index < -0.39 is 0 Å². The third kappa shape index (κ3) is 1.74. The topological polar surface area (TPSA) is 54.7 Å². The summed E-state index contributed by atoms with van der Waals surface area (Å²) in [5.74, 6) is 1.91. The number of nitrogens with two attached hydrogens (primary N) is 1. The quantitative estimate of drug-likeness (QED) is 0.717. The molecule has 2 heterocycles. The van der Waals surface area contributed by atoms with E-state index in [1.807, 2.05) is 18.0 Å². The summed E-state index contributed by atoms with van der Waals surface area (Å²) in [6.07, 6.45) is 5.83. The van der Waals surface area contributed by atoms with Gasteiger partial charge in [0.15, 0.2) is 0 Å². The van der Waals surface area contributed by atoms with Gasteiger partial charge in [-0.05, 0) is 12.8 Å². The van der Waals surface area contributed by atoms with Crippen molar-refractivity contribution in [2.24, 2.45) is 5.73 Å². The Hall–Kier alpha value is -0.480. The van der Waals surface area contributed by atoms with Crippen LogP contribution >= 0.6 is 11.8 Å². The number of nitrogens with one attached hydrogen (secondary N) is 1. The normalized spacial score (nSPS) is 34.8. The molecule has 1 fully saturated rings. The zero-order valence-electron chi connectivity index (χ0n) is 7.79. The molecule has 1 aliphatic rings. The lowest BCUT2D eigenvalue weighted by Crippen LogP contribution is -2.43. The first-order valence-corrected chi connectivity index (χ1v) is 5.66. The summed E-state index contributed by atoms with van der Waals surface area (Å²) in [4.78, 5) is 7.36. The molecule has 0 radical (unpaired) electrons. The Bertz CT molecular complexity index is 262. The van der Waals surface area contributed by atoms with Gasteiger partial charge in [0.1, 0.15) is 5.82 Å². The minimum absolute atomic E-state index is 0.222. The van der Waals surface area contributed by atoms with E-state index in [0.29, 0.717) is 0 Å². The van der Waals surface area contributed by atoms with Crippen LogP contribution in [0.2, 0.25) is 0 Å². The number of thioether (sulfide) groups is 1. The van der Waals surface area contributed by atoms with Gasteiger partial charge in [-0.15, -0.1) is 0 Å². The van der Waals surface area contributed by atoms with Crippen LogP contribution in [-0.2, 0) is 5.54 Å². The largest absolute Gasteiger partial charge is 0.347 e. The standard InChI is InChI=1S/C9H15N3S/c1-7-2-3-9(10,6-13-7)8-11-4-5-12-8/h4-5,7H,2-3,6,10H2,1H3,(H,11,12)/t7-,9+/m1/s1. The SMILES string of the molecule is C[C@@H]1CC[C@@](N)(c2ncc[nH]2)CS1. The maximum Gasteiger partial charge on any atom is 0.127 e. The fourth-order valence-electron chi connectivity index (χ4n) is 1.63. The highest BCUT2D eigenvalue weighted by Crippen LogP contribution is 2.35. The second kappa shape index (κ2) is 3.35. The van der Waals surface area contributed by atoms with E-state index in [4.69, 9.17) is 5.73 Å². The van der Waals surface area contributed by atoms with Gasteiger partial charge in [-0.3, -0.25) is 0 Å². The highest BCUT2D eigenvalue weighted by Gasteiger charge is 2.34. The Morgan fingerprint density at radius 3 is 3.15 bits per heavy atom. The summed E-state index contributed by atoms with van der Waals surface area (Å²) in [6.45, 7) is 2.26. The maximum absolute atomic E-state index is 6.27. The monoisotopic (exact) mass is 197 g/mol. The van der Waals surface area contributed by atoms with Gasteiger partial charge in [0.2, 0.25) is 0 Å². The van der Waals surface area contributed by atoms with Crippen molar-refractivity contribution in [2.45, 2.75) is 30.6 Å². The lowest BCUT2D eigenvalue weighted by Gasteiger charge is -2.33. The van der Waals surface area contributed by atoms with Crippen LogP contribution in [0.4, 0.5) is 0 Å². The molecule has 0 bridgehead atoms. The molecule has 0 spiro atoms. The van der Waals surface area contributed by atoms with Crippen LogP contribution in [0.3, 0.4) is 0 Å². The van der Waals surface area contributed by atoms with Gasteiger partial charge >= 0.3 is 0 Å². The molecule has 3 N–H and O–H groups in total. The van der Waals surface area contributed by atoms with Gasteiger partial charge in [0.25, 0.3) is 0 Å². The van der Waals surface area contributed by atoms with E-state index in [1.54, 1.807) is 6.20 Å². The Morgan fingerprint density at radius 2 is 2.62 bits per heavy atom. The minimum atomic E-state index is -0.222. The van der Waals surface area contributed by atoms with E-state index in [1.165, 1.54) is 6.42 Å². The van der Waals surface area contributed by atoms with Crippen molar-refractivity contribution in [1.29, 1.82) is 0 Å². The first-order chi connectivity index (χ1) is 6.21. The zero-order chi connectivity index (χ0) is 9.31. The first kappa shape index (κ1) is 9.09. The molecule has 4 heteroatoms. The smallest absolute Gasteiger partial charge is 0.127 e. The summed E-state index contributed by atoms with van der Waals surface area (Å²) < 4.78 is 0. The lowest BCUT2D eigenvalue weighted by atomic mass is 9.94. The molecule has 72 valence electrons. The highest BCUT2D eigenvalue weighted by atomic mass is 32.2. The molecule has 2 rings (SSSR count). The molecule has 1 saturated heterocycles. The van der Waals surface area contributed by atoms with Gasteiger partial charge < -0.3 is 10.7 Å². The van der Waals surface area contributed by atoms with Crippen LogP contribution in [0.1, 0.15) is 25.6 Å². The zero-order valence-corrected chi connectivity index (χ0v) is 8.60. The predicted octanol–water partition coefficient (Wildman–Crippen LogP) is 1.48. The van der Waals surface area contributed by atoms with Crippen LogP contribution in [0.5, 0.6) is 0 Å². The second-order valence-electron chi connectivity index (χ2n) is 3.75. The number of rotatable bonds is 1. The number of imidazole rings is 1. The highest BCUT2D eigenvalue weighted by molar-refractivity contribution is 8.00. The predicted molar refractivity (Wildman–Crippen MR) is 55.6 cm³/mol. The van der Waals surface area contributed by atoms with Crippen molar-refractivity contribution < 1.29 is 0 Å².